The number of primary amides is 1. The van der Waals surface area contributed by atoms with Gasteiger partial charge in [0.15, 0.2) is 0 Å². The van der Waals surface area contributed by atoms with Crippen molar-refractivity contribution < 1.29 is 9.59 Å². The number of benzene rings is 1. The summed E-state index contributed by atoms with van der Waals surface area (Å²) >= 11 is 6.06. The molecule has 2 aromatic rings. The number of nitrogens with two attached hydrogens (primary N) is 1. The van der Waals surface area contributed by atoms with Gasteiger partial charge in [-0.3, -0.25) is 19.5 Å². The number of pyridine rings is 1. The summed E-state index contributed by atoms with van der Waals surface area (Å²) < 4.78 is 0. The van der Waals surface area contributed by atoms with Crippen molar-refractivity contribution in [2.24, 2.45) is 5.73 Å². The van der Waals surface area contributed by atoms with E-state index < -0.39 is 11.4 Å². The molecule has 0 aliphatic carbocycles. The molecule has 0 spiro atoms. The van der Waals surface area contributed by atoms with Crippen molar-refractivity contribution in [3.8, 4) is 0 Å². The van der Waals surface area contributed by atoms with Crippen LogP contribution in [0.5, 0.6) is 0 Å². The summed E-state index contributed by atoms with van der Waals surface area (Å²) in [5.74, 6) is -0.737. The standard InChI is InChI=1S/C16H14ClN3O2/c1-16(2)13-6-10(17)3-4-12(13)15(22)20(16)11-5-9(14(18)21)7-19-8-11/h3-8H,1-2H3,(H2,18,21). The highest BCUT2D eigenvalue weighted by molar-refractivity contribution is 6.31. The Morgan fingerprint density at radius 2 is 2.00 bits per heavy atom. The van der Waals surface area contributed by atoms with Gasteiger partial charge in [-0.05, 0) is 43.7 Å². The van der Waals surface area contributed by atoms with Crippen LogP contribution in [-0.4, -0.2) is 16.8 Å². The number of halogens is 1. The average molecular weight is 316 g/mol. The Hall–Kier alpha value is -2.40. The monoisotopic (exact) mass is 315 g/mol. The maximum absolute atomic E-state index is 12.7. The first-order valence-corrected chi connectivity index (χ1v) is 7.09. The molecule has 0 bridgehead atoms. The summed E-state index contributed by atoms with van der Waals surface area (Å²) in [7, 11) is 0. The van der Waals surface area contributed by atoms with Crippen molar-refractivity contribution >= 4 is 29.1 Å². The number of nitrogens with zero attached hydrogens (tertiary/aromatic N) is 2. The number of fused-ring (bicyclic) bond motifs is 1. The number of hydrogen-bond donors (Lipinski definition) is 1. The summed E-state index contributed by atoms with van der Waals surface area (Å²) in [6.45, 7) is 3.84. The number of aromatic nitrogens is 1. The van der Waals surface area contributed by atoms with E-state index in [1.54, 1.807) is 35.4 Å². The first kappa shape index (κ1) is 14.5. The van der Waals surface area contributed by atoms with Crippen LogP contribution in [0, 0.1) is 0 Å². The molecular formula is C16H14ClN3O2. The van der Waals surface area contributed by atoms with Crippen LogP contribution in [0.2, 0.25) is 5.02 Å². The molecule has 1 aromatic heterocycles. The predicted molar refractivity (Wildman–Crippen MR) is 84.0 cm³/mol. The highest BCUT2D eigenvalue weighted by Gasteiger charge is 2.44. The topological polar surface area (TPSA) is 76.3 Å². The molecule has 0 saturated carbocycles. The van der Waals surface area contributed by atoms with Crippen molar-refractivity contribution in [1.82, 2.24) is 4.98 Å². The van der Waals surface area contributed by atoms with E-state index in [2.05, 4.69) is 4.98 Å². The van der Waals surface area contributed by atoms with Gasteiger partial charge in [-0.15, -0.1) is 0 Å². The second-order valence-corrected chi connectivity index (χ2v) is 6.12. The molecule has 0 radical (unpaired) electrons. The van der Waals surface area contributed by atoms with Crippen LogP contribution in [0.25, 0.3) is 0 Å². The molecule has 0 fully saturated rings. The maximum Gasteiger partial charge on any atom is 0.259 e. The van der Waals surface area contributed by atoms with E-state index in [4.69, 9.17) is 17.3 Å². The van der Waals surface area contributed by atoms with Gasteiger partial charge < -0.3 is 5.73 Å². The number of anilines is 1. The Morgan fingerprint density at radius 1 is 1.27 bits per heavy atom. The van der Waals surface area contributed by atoms with Crippen LogP contribution >= 0.6 is 11.6 Å². The van der Waals surface area contributed by atoms with E-state index in [9.17, 15) is 9.59 Å². The Morgan fingerprint density at radius 3 is 2.68 bits per heavy atom. The number of carbonyl (C=O) groups is 2. The van der Waals surface area contributed by atoms with Crippen molar-refractivity contribution in [3.05, 3.63) is 58.4 Å². The molecule has 3 rings (SSSR count). The minimum absolute atomic E-state index is 0.153. The average Bonchev–Trinajstić information content (AvgIpc) is 2.66. The van der Waals surface area contributed by atoms with E-state index in [1.807, 2.05) is 13.8 Å². The van der Waals surface area contributed by atoms with Crippen LogP contribution in [0.3, 0.4) is 0 Å². The minimum atomic E-state index is -0.602. The van der Waals surface area contributed by atoms with Crippen LogP contribution in [-0.2, 0) is 5.54 Å². The van der Waals surface area contributed by atoms with Gasteiger partial charge in [0.2, 0.25) is 5.91 Å². The van der Waals surface area contributed by atoms with Crippen LogP contribution in [0.15, 0.2) is 36.7 Å². The Bertz CT molecular complexity index is 802. The van der Waals surface area contributed by atoms with Gasteiger partial charge in [-0.2, -0.15) is 0 Å². The molecule has 0 atom stereocenters. The smallest absolute Gasteiger partial charge is 0.259 e. The second kappa shape index (κ2) is 4.81. The first-order chi connectivity index (χ1) is 10.3. The molecule has 2 amide bonds. The molecular weight excluding hydrogens is 302 g/mol. The Balaban J connectivity index is 2.15. The zero-order chi connectivity index (χ0) is 16.1. The van der Waals surface area contributed by atoms with E-state index in [0.717, 1.165) is 5.56 Å². The van der Waals surface area contributed by atoms with Gasteiger partial charge in [-0.25, -0.2) is 0 Å². The van der Waals surface area contributed by atoms with Crippen LogP contribution < -0.4 is 10.6 Å². The summed E-state index contributed by atoms with van der Waals surface area (Å²) in [4.78, 5) is 29.7. The minimum Gasteiger partial charge on any atom is -0.366 e. The van der Waals surface area contributed by atoms with Gasteiger partial charge >= 0.3 is 0 Å². The van der Waals surface area contributed by atoms with E-state index in [-0.39, 0.29) is 11.5 Å². The van der Waals surface area contributed by atoms with Crippen molar-refractivity contribution in [2.45, 2.75) is 19.4 Å². The molecule has 2 heterocycles. The fourth-order valence-electron chi connectivity index (χ4n) is 2.83. The van der Waals surface area contributed by atoms with Gasteiger partial charge in [0.05, 0.1) is 23.0 Å². The summed E-state index contributed by atoms with van der Waals surface area (Å²) in [6, 6.07) is 6.77. The number of hydrogen-bond acceptors (Lipinski definition) is 3. The fraction of sp³-hybridized carbons (Fsp3) is 0.188. The van der Waals surface area contributed by atoms with E-state index in [0.29, 0.717) is 16.3 Å². The molecule has 2 N–H and O–H groups in total. The van der Waals surface area contributed by atoms with Crippen molar-refractivity contribution in [1.29, 1.82) is 0 Å². The summed E-state index contributed by atoms with van der Waals surface area (Å²) in [5, 5.41) is 0.575. The number of carbonyl (C=O) groups excluding carboxylic acids is 2. The third-order valence-electron chi connectivity index (χ3n) is 3.90. The highest BCUT2D eigenvalue weighted by atomic mass is 35.5. The summed E-state index contributed by atoms with van der Waals surface area (Å²) in [5.41, 5.74) is 6.91. The molecule has 1 aromatic carbocycles. The lowest BCUT2D eigenvalue weighted by molar-refractivity contribution is 0.0976. The molecule has 1 aliphatic rings. The lowest BCUT2D eigenvalue weighted by Gasteiger charge is -2.32. The predicted octanol–water partition coefficient (Wildman–Crippen LogP) is 2.73. The molecule has 0 saturated heterocycles. The first-order valence-electron chi connectivity index (χ1n) is 6.72. The van der Waals surface area contributed by atoms with Gasteiger partial charge in [0.1, 0.15) is 0 Å². The van der Waals surface area contributed by atoms with Crippen molar-refractivity contribution in [3.63, 3.8) is 0 Å². The zero-order valence-electron chi connectivity index (χ0n) is 12.1. The van der Waals surface area contributed by atoms with Gasteiger partial charge in [0.25, 0.3) is 5.91 Å². The number of rotatable bonds is 2. The molecule has 5 nitrogen and oxygen atoms in total. The zero-order valence-corrected chi connectivity index (χ0v) is 12.9. The lowest BCUT2D eigenvalue weighted by atomic mass is 9.93. The SMILES string of the molecule is CC1(C)c2cc(Cl)ccc2C(=O)N1c1cncc(C(N)=O)c1. The normalized spacial score (nSPS) is 15.8. The van der Waals surface area contributed by atoms with Crippen LogP contribution in [0.4, 0.5) is 5.69 Å². The lowest BCUT2D eigenvalue weighted by Crippen LogP contribution is -2.39. The Labute approximate surface area is 132 Å². The third kappa shape index (κ3) is 2.05. The molecule has 6 heteroatoms. The van der Waals surface area contributed by atoms with Crippen molar-refractivity contribution in [2.75, 3.05) is 4.90 Å². The maximum atomic E-state index is 12.7. The summed E-state index contributed by atoms with van der Waals surface area (Å²) in [6.07, 6.45) is 2.92. The number of amides is 2. The quantitative estimate of drug-likeness (QED) is 0.925. The third-order valence-corrected chi connectivity index (χ3v) is 4.13. The van der Waals surface area contributed by atoms with E-state index >= 15 is 0 Å². The highest BCUT2D eigenvalue weighted by Crippen LogP contribution is 2.42. The molecule has 0 unspecified atom stereocenters. The van der Waals surface area contributed by atoms with Gasteiger partial charge in [0, 0.05) is 16.8 Å². The molecule has 1 aliphatic heterocycles. The van der Waals surface area contributed by atoms with Gasteiger partial charge in [-0.1, -0.05) is 11.6 Å². The molecule has 112 valence electrons. The fourth-order valence-corrected chi connectivity index (χ4v) is 3.00. The van der Waals surface area contributed by atoms with E-state index in [1.165, 1.54) is 6.20 Å². The second-order valence-electron chi connectivity index (χ2n) is 5.69. The largest absolute Gasteiger partial charge is 0.366 e. The Kier molecular flexibility index (Phi) is 3.18. The van der Waals surface area contributed by atoms with Crippen LogP contribution in [0.1, 0.15) is 40.1 Å². The molecule has 22 heavy (non-hydrogen) atoms.